The van der Waals surface area contributed by atoms with E-state index in [0.717, 1.165) is 5.82 Å². The Balaban J connectivity index is 2.51. The van der Waals surface area contributed by atoms with E-state index >= 15 is 0 Å². The molecule has 1 amide bonds. The maximum Gasteiger partial charge on any atom is 0.241 e. The minimum atomic E-state index is 0.0548. The van der Waals surface area contributed by atoms with Gasteiger partial charge in [-0.1, -0.05) is 6.07 Å². The zero-order valence-corrected chi connectivity index (χ0v) is 9.95. The molecule has 1 heterocycles. The molecule has 1 rings (SSSR count). The number of rotatable bonds is 5. The van der Waals surface area contributed by atoms with Crippen LogP contribution in [0, 0.1) is 0 Å². The molecular weight excluding hydrogens is 204 g/mol. The lowest BCUT2D eigenvalue weighted by Crippen LogP contribution is -2.32. The van der Waals surface area contributed by atoms with Crippen molar-refractivity contribution in [3.63, 3.8) is 0 Å². The summed E-state index contributed by atoms with van der Waals surface area (Å²) in [4.78, 5) is 17.4. The Bertz CT molecular complexity index is 354. The van der Waals surface area contributed by atoms with Gasteiger partial charge in [0, 0.05) is 20.6 Å². The van der Waals surface area contributed by atoms with E-state index in [0.29, 0.717) is 12.4 Å². The van der Waals surface area contributed by atoms with E-state index in [1.54, 1.807) is 11.9 Å². The van der Waals surface area contributed by atoms with Gasteiger partial charge in [-0.3, -0.25) is 4.79 Å². The Morgan fingerprint density at radius 3 is 2.75 bits per heavy atom. The number of hydrogen-bond donors (Lipinski definition) is 2. The first kappa shape index (κ1) is 12.3. The van der Waals surface area contributed by atoms with E-state index < -0.39 is 0 Å². The average Bonchev–Trinajstić information content (AvgIpc) is 2.35. The summed E-state index contributed by atoms with van der Waals surface area (Å²) in [5, 5.41) is 5.93. The van der Waals surface area contributed by atoms with E-state index in [1.165, 1.54) is 0 Å². The quantitative estimate of drug-likeness (QED) is 0.780. The molecule has 0 unspecified atom stereocenters. The van der Waals surface area contributed by atoms with Gasteiger partial charge < -0.3 is 15.5 Å². The SMILES string of the molecule is CCN(C)C(=O)CNc1cccc(NC)n1. The number of carbonyl (C=O) groups excluding carboxylic acids is 1. The predicted octanol–water partition coefficient (Wildman–Crippen LogP) is 1.01. The van der Waals surface area contributed by atoms with E-state index in [2.05, 4.69) is 15.6 Å². The topological polar surface area (TPSA) is 57.3 Å². The standard InChI is InChI=1S/C11H18N4O/c1-4-15(3)11(16)8-13-10-7-5-6-9(12-2)14-10/h5-7H,4,8H2,1-3H3,(H2,12,13,14). The van der Waals surface area contributed by atoms with Crippen LogP contribution in [0.3, 0.4) is 0 Å². The van der Waals surface area contributed by atoms with Gasteiger partial charge in [-0.15, -0.1) is 0 Å². The van der Waals surface area contributed by atoms with Crippen LogP contribution in [0.4, 0.5) is 11.6 Å². The van der Waals surface area contributed by atoms with Gasteiger partial charge in [0.05, 0.1) is 6.54 Å². The number of aromatic nitrogens is 1. The van der Waals surface area contributed by atoms with Crippen LogP contribution in [-0.4, -0.2) is 43.0 Å². The Morgan fingerprint density at radius 2 is 2.12 bits per heavy atom. The summed E-state index contributed by atoms with van der Waals surface area (Å²) in [5.74, 6) is 1.53. The van der Waals surface area contributed by atoms with E-state index in [4.69, 9.17) is 0 Å². The molecule has 0 aliphatic heterocycles. The molecule has 0 bridgehead atoms. The molecule has 16 heavy (non-hydrogen) atoms. The van der Waals surface area contributed by atoms with Crippen molar-refractivity contribution in [3.05, 3.63) is 18.2 Å². The van der Waals surface area contributed by atoms with Crippen LogP contribution >= 0.6 is 0 Å². The summed E-state index contributed by atoms with van der Waals surface area (Å²) in [6, 6.07) is 5.58. The van der Waals surface area contributed by atoms with Crippen LogP contribution in [0.15, 0.2) is 18.2 Å². The highest BCUT2D eigenvalue weighted by Crippen LogP contribution is 2.07. The highest BCUT2D eigenvalue weighted by molar-refractivity contribution is 5.80. The maximum atomic E-state index is 11.5. The van der Waals surface area contributed by atoms with Crippen LogP contribution in [0.5, 0.6) is 0 Å². The minimum Gasteiger partial charge on any atom is -0.373 e. The van der Waals surface area contributed by atoms with Crippen molar-refractivity contribution in [2.75, 3.05) is 37.8 Å². The zero-order chi connectivity index (χ0) is 12.0. The van der Waals surface area contributed by atoms with Gasteiger partial charge >= 0.3 is 0 Å². The van der Waals surface area contributed by atoms with E-state index in [1.807, 2.05) is 32.2 Å². The summed E-state index contributed by atoms with van der Waals surface area (Å²) in [5.41, 5.74) is 0. The highest BCUT2D eigenvalue weighted by Gasteiger charge is 2.06. The number of amides is 1. The van der Waals surface area contributed by atoms with Crippen LogP contribution in [0.2, 0.25) is 0 Å². The summed E-state index contributed by atoms with van der Waals surface area (Å²) >= 11 is 0. The lowest BCUT2D eigenvalue weighted by molar-refractivity contribution is -0.127. The molecule has 0 saturated heterocycles. The van der Waals surface area contributed by atoms with Gasteiger partial charge in [0.25, 0.3) is 0 Å². The Kier molecular flexibility index (Phi) is 4.57. The second-order valence-electron chi connectivity index (χ2n) is 3.42. The first-order valence-corrected chi connectivity index (χ1v) is 5.30. The van der Waals surface area contributed by atoms with Crippen LogP contribution in [0.1, 0.15) is 6.92 Å². The van der Waals surface area contributed by atoms with Gasteiger partial charge in [-0.25, -0.2) is 4.98 Å². The number of anilines is 2. The number of carbonyl (C=O) groups is 1. The molecule has 2 N–H and O–H groups in total. The molecule has 88 valence electrons. The fourth-order valence-corrected chi connectivity index (χ4v) is 1.15. The normalized spacial score (nSPS) is 9.69. The fourth-order valence-electron chi connectivity index (χ4n) is 1.15. The van der Waals surface area contributed by atoms with Crippen molar-refractivity contribution < 1.29 is 4.79 Å². The van der Waals surface area contributed by atoms with Crippen molar-refractivity contribution in [1.82, 2.24) is 9.88 Å². The number of pyridine rings is 1. The third-order valence-electron chi connectivity index (χ3n) is 2.33. The number of likely N-dealkylation sites (N-methyl/N-ethyl adjacent to an activating group) is 1. The van der Waals surface area contributed by atoms with Gasteiger partial charge in [0.1, 0.15) is 11.6 Å². The molecule has 0 spiro atoms. The highest BCUT2D eigenvalue weighted by atomic mass is 16.2. The van der Waals surface area contributed by atoms with Crippen LogP contribution < -0.4 is 10.6 Å². The van der Waals surface area contributed by atoms with E-state index in [-0.39, 0.29) is 12.5 Å². The first-order valence-electron chi connectivity index (χ1n) is 5.30. The van der Waals surface area contributed by atoms with E-state index in [9.17, 15) is 4.79 Å². The lowest BCUT2D eigenvalue weighted by atomic mass is 10.4. The predicted molar refractivity (Wildman–Crippen MR) is 65.6 cm³/mol. The number of hydrogen-bond acceptors (Lipinski definition) is 4. The molecule has 0 radical (unpaired) electrons. The van der Waals surface area contributed by atoms with Gasteiger partial charge in [-0.2, -0.15) is 0 Å². The second kappa shape index (κ2) is 5.95. The minimum absolute atomic E-state index is 0.0548. The average molecular weight is 222 g/mol. The summed E-state index contributed by atoms with van der Waals surface area (Å²) in [7, 11) is 3.59. The molecule has 0 atom stereocenters. The molecule has 1 aromatic heterocycles. The molecule has 1 aromatic rings. The van der Waals surface area contributed by atoms with Crippen molar-refractivity contribution in [1.29, 1.82) is 0 Å². The second-order valence-corrected chi connectivity index (χ2v) is 3.42. The van der Waals surface area contributed by atoms with Crippen molar-refractivity contribution in [2.45, 2.75) is 6.92 Å². The third-order valence-corrected chi connectivity index (χ3v) is 2.33. The monoisotopic (exact) mass is 222 g/mol. The Hall–Kier alpha value is -1.78. The summed E-state index contributed by atoms with van der Waals surface area (Å²) < 4.78 is 0. The summed E-state index contributed by atoms with van der Waals surface area (Å²) in [6.07, 6.45) is 0. The number of nitrogens with one attached hydrogen (secondary N) is 2. The fraction of sp³-hybridized carbons (Fsp3) is 0.455. The molecule has 5 nitrogen and oxygen atoms in total. The molecule has 0 aliphatic rings. The zero-order valence-electron chi connectivity index (χ0n) is 9.95. The Labute approximate surface area is 95.9 Å². The van der Waals surface area contributed by atoms with Gasteiger partial charge in [0.15, 0.2) is 0 Å². The molecule has 0 fully saturated rings. The van der Waals surface area contributed by atoms with Crippen LogP contribution in [-0.2, 0) is 4.79 Å². The number of nitrogens with zero attached hydrogens (tertiary/aromatic N) is 2. The van der Waals surface area contributed by atoms with Crippen molar-refractivity contribution in [2.24, 2.45) is 0 Å². The third kappa shape index (κ3) is 3.42. The smallest absolute Gasteiger partial charge is 0.241 e. The molecule has 0 aromatic carbocycles. The largest absolute Gasteiger partial charge is 0.373 e. The van der Waals surface area contributed by atoms with Crippen LogP contribution in [0.25, 0.3) is 0 Å². The molecule has 5 heteroatoms. The van der Waals surface area contributed by atoms with Gasteiger partial charge in [-0.05, 0) is 19.1 Å². The molecular formula is C11H18N4O. The van der Waals surface area contributed by atoms with Crippen molar-refractivity contribution >= 4 is 17.5 Å². The first-order chi connectivity index (χ1) is 7.67. The summed E-state index contributed by atoms with van der Waals surface area (Å²) in [6.45, 7) is 2.92. The molecule has 0 aliphatic carbocycles. The molecule has 0 saturated carbocycles. The maximum absolute atomic E-state index is 11.5. The Morgan fingerprint density at radius 1 is 1.44 bits per heavy atom. The lowest BCUT2D eigenvalue weighted by Gasteiger charge is -2.15. The van der Waals surface area contributed by atoms with Gasteiger partial charge in [0.2, 0.25) is 5.91 Å². The van der Waals surface area contributed by atoms with Crippen molar-refractivity contribution in [3.8, 4) is 0 Å².